The van der Waals surface area contributed by atoms with Gasteiger partial charge in [-0.3, -0.25) is 9.10 Å². The van der Waals surface area contributed by atoms with Crippen LogP contribution in [0.3, 0.4) is 0 Å². The largest absolute Gasteiger partial charge is 0.466 e. The maximum atomic E-state index is 13.1. The third-order valence-electron chi connectivity index (χ3n) is 5.22. The van der Waals surface area contributed by atoms with Crippen LogP contribution in [0.5, 0.6) is 0 Å². The molecule has 6 heteroatoms. The van der Waals surface area contributed by atoms with Crippen molar-refractivity contribution in [2.24, 2.45) is 0 Å². The van der Waals surface area contributed by atoms with Crippen LogP contribution in [0, 0.1) is 0 Å². The van der Waals surface area contributed by atoms with Crippen LogP contribution >= 0.6 is 0 Å². The number of nitrogens with zero attached hydrogens (tertiary/aromatic N) is 1. The first kappa shape index (κ1) is 21.5. The molecule has 0 spiro atoms. The van der Waals surface area contributed by atoms with E-state index >= 15 is 0 Å². The Bertz CT molecular complexity index is 856. The van der Waals surface area contributed by atoms with Gasteiger partial charge in [0.25, 0.3) is 0 Å². The quantitative estimate of drug-likeness (QED) is 0.489. The van der Waals surface area contributed by atoms with Crippen molar-refractivity contribution >= 4 is 22.6 Å². The number of hydrogen-bond donors (Lipinski definition) is 1. The standard InChI is InChI=1S/C23H30N2O3S/c1-3-28-22(26)16-6-4-5-11-17-24-23-18-12-7-9-14-20(18)25(2)29(27)21-15-10-8-13-19(21)23/h7-10,12-15,23-24H,3-6,11,16-17H2,1-2H3. The number of fused-ring (bicyclic) bond motifs is 2. The third kappa shape index (κ3) is 5.25. The summed E-state index contributed by atoms with van der Waals surface area (Å²) in [5.74, 6) is -0.102. The van der Waals surface area contributed by atoms with Crippen molar-refractivity contribution in [3.05, 3.63) is 59.7 Å². The lowest BCUT2D eigenvalue weighted by Gasteiger charge is -2.22. The monoisotopic (exact) mass is 414 g/mol. The van der Waals surface area contributed by atoms with Gasteiger partial charge >= 0.3 is 5.97 Å². The minimum absolute atomic E-state index is 0.0100. The predicted molar refractivity (Wildman–Crippen MR) is 117 cm³/mol. The van der Waals surface area contributed by atoms with Crippen molar-refractivity contribution in [2.45, 2.75) is 50.0 Å². The number of hydrogen-bond acceptors (Lipinski definition) is 4. The van der Waals surface area contributed by atoms with Crippen LogP contribution in [0.25, 0.3) is 0 Å². The van der Waals surface area contributed by atoms with Crippen LogP contribution in [0.15, 0.2) is 53.4 Å². The Hall–Kier alpha value is -2.18. The predicted octanol–water partition coefficient (Wildman–Crippen LogP) is 4.35. The number of carbonyl (C=O) groups is 1. The fourth-order valence-corrected chi connectivity index (χ4v) is 4.97. The SMILES string of the molecule is CCOC(=O)CCCCCCNC1c2ccccc2N(C)S(=O)c2ccccc21. The van der Waals surface area contributed by atoms with Crippen LogP contribution < -0.4 is 9.62 Å². The highest BCUT2D eigenvalue weighted by Crippen LogP contribution is 2.38. The third-order valence-corrected chi connectivity index (χ3v) is 6.66. The molecule has 2 aromatic carbocycles. The Balaban J connectivity index is 1.63. The number of nitrogens with one attached hydrogen (secondary N) is 1. The molecule has 29 heavy (non-hydrogen) atoms. The van der Waals surface area contributed by atoms with Gasteiger partial charge in [-0.1, -0.05) is 49.2 Å². The summed E-state index contributed by atoms with van der Waals surface area (Å²) >= 11 is 0. The number of carbonyl (C=O) groups excluding carboxylic acids is 1. The number of rotatable bonds is 9. The summed E-state index contributed by atoms with van der Waals surface area (Å²) in [5, 5.41) is 3.68. The number of unbranched alkanes of at least 4 members (excludes halogenated alkanes) is 3. The molecule has 2 atom stereocenters. The van der Waals surface area contributed by atoms with Gasteiger partial charge < -0.3 is 10.1 Å². The Labute approximate surface area is 176 Å². The van der Waals surface area contributed by atoms with Gasteiger partial charge in [0.15, 0.2) is 11.0 Å². The molecule has 5 nitrogen and oxygen atoms in total. The van der Waals surface area contributed by atoms with Crippen LogP contribution in [0.2, 0.25) is 0 Å². The first-order valence-electron chi connectivity index (χ1n) is 10.4. The van der Waals surface area contributed by atoms with Gasteiger partial charge in [-0.05, 0) is 49.6 Å². The second-order valence-corrected chi connectivity index (χ2v) is 8.69. The summed E-state index contributed by atoms with van der Waals surface area (Å²) in [6.45, 7) is 3.15. The van der Waals surface area contributed by atoms with E-state index < -0.39 is 11.0 Å². The normalized spacial score (nSPS) is 17.9. The Morgan fingerprint density at radius 3 is 2.52 bits per heavy atom. The number of anilines is 1. The van der Waals surface area contributed by atoms with E-state index in [0.717, 1.165) is 53.9 Å². The number of benzene rings is 2. The van der Waals surface area contributed by atoms with Crippen LogP contribution in [0.4, 0.5) is 5.69 Å². The first-order valence-corrected chi connectivity index (χ1v) is 11.5. The van der Waals surface area contributed by atoms with Gasteiger partial charge in [0.1, 0.15) is 0 Å². The first-order chi connectivity index (χ1) is 14.1. The van der Waals surface area contributed by atoms with E-state index in [1.165, 1.54) is 0 Å². The fourth-order valence-electron chi connectivity index (χ4n) is 3.75. The minimum atomic E-state index is -1.23. The molecule has 156 valence electrons. The molecule has 0 bridgehead atoms. The maximum absolute atomic E-state index is 13.1. The van der Waals surface area contributed by atoms with Crippen molar-refractivity contribution < 1.29 is 13.7 Å². The highest BCUT2D eigenvalue weighted by atomic mass is 32.2. The molecule has 0 amide bonds. The summed E-state index contributed by atoms with van der Waals surface area (Å²) in [5.41, 5.74) is 3.22. The average Bonchev–Trinajstić information content (AvgIpc) is 2.83. The smallest absolute Gasteiger partial charge is 0.305 e. The van der Waals surface area contributed by atoms with Crippen molar-refractivity contribution in [3.8, 4) is 0 Å². The second-order valence-electron chi connectivity index (χ2n) is 7.20. The molecular formula is C23H30N2O3S. The number of para-hydroxylation sites is 1. The van der Waals surface area contributed by atoms with Gasteiger partial charge in [-0.15, -0.1) is 0 Å². The van der Waals surface area contributed by atoms with Crippen molar-refractivity contribution in [1.29, 1.82) is 0 Å². The Morgan fingerprint density at radius 1 is 1.03 bits per heavy atom. The van der Waals surface area contributed by atoms with Gasteiger partial charge in [0, 0.05) is 13.5 Å². The van der Waals surface area contributed by atoms with E-state index in [1.807, 2.05) is 54.7 Å². The number of esters is 1. The lowest BCUT2D eigenvalue weighted by Crippen LogP contribution is -2.24. The maximum Gasteiger partial charge on any atom is 0.305 e. The molecule has 0 aromatic heterocycles. The Morgan fingerprint density at radius 2 is 1.72 bits per heavy atom. The van der Waals surface area contributed by atoms with E-state index in [-0.39, 0.29) is 12.0 Å². The second kappa shape index (κ2) is 10.6. The zero-order chi connectivity index (χ0) is 20.6. The van der Waals surface area contributed by atoms with E-state index in [1.54, 1.807) is 0 Å². The average molecular weight is 415 g/mol. The van der Waals surface area contributed by atoms with E-state index in [4.69, 9.17) is 4.74 Å². The molecule has 0 radical (unpaired) electrons. The van der Waals surface area contributed by atoms with Crippen molar-refractivity contribution in [2.75, 3.05) is 24.5 Å². The highest BCUT2D eigenvalue weighted by Gasteiger charge is 2.29. The molecule has 0 fully saturated rings. The topological polar surface area (TPSA) is 58.6 Å². The zero-order valence-electron chi connectivity index (χ0n) is 17.2. The molecule has 2 aromatic rings. The zero-order valence-corrected chi connectivity index (χ0v) is 18.0. The van der Waals surface area contributed by atoms with Crippen LogP contribution in [0.1, 0.15) is 56.2 Å². The van der Waals surface area contributed by atoms with Gasteiger partial charge in [-0.2, -0.15) is 0 Å². The van der Waals surface area contributed by atoms with Crippen molar-refractivity contribution in [1.82, 2.24) is 5.32 Å². The van der Waals surface area contributed by atoms with Crippen LogP contribution in [-0.2, 0) is 20.5 Å². The molecule has 0 saturated carbocycles. The van der Waals surface area contributed by atoms with Crippen molar-refractivity contribution in [3.63, 3.8) is 0 Å². The van der Waals surface area contributed by atoms with Gasteiger partial charge in [-0.25, -0.2) is 4.21 Å². The van der Waals surface area contributed by atoms with Gasteiger partial charge in [0.05, 0.1) is 23.2 Å². The molecule has 0 aliphatic carbocycles. The molecule has 1 aliphatic rings. The lowest BCUT2D eigenvalue weighted by atomic mass is 9.96. The lowest BCUT2D eigenvalue weighted by molar-refractivity contribution is -0.143. The molecule has 1 N–H and O–H groups in total. The summed E-state index contributed by atoms with van der Waals surface area (Å²) < 4.78 is 19.9. The summed E-state index contributed by atoms with van der Waals surface area (Å²) in [6, 6.07) is 16.2. The minimum Gasteiger partial charge on any atom is -0.466 e. The molecule has 0 saturated heterocycles. The summed E-state index contributed by atoms with van der Waals surface area (Å²) in [6.07, 6.45) is 4.49. The van der Waals surface area contributed by atoms with E-state index in [9.17, 15) is 9.00 Å². The summed E-state index contributed by atoms with van der Waals surface area (Å²) in [4.78, 5) is 12.3. The Kier molecular flexibility index (Phi) is 7.83. The molecular weight excluding hydrogens is 384 g/mol. The van der Waals surface area contributed by atoms with Crippen LogP contribution in [-0.4, -0.2) is 30.4 Å². The molecule has 1 heterocycles. The molecule has 2 unspecified atom stereocenters. The highest BCUT2D eigenvalue weighted by molar-refractivity contribution is 7.86. The van der Waals surface area contributed by atoms with E-state index in [0.29, 0.717) is 13.0 Å². The summed E-state index contributed by atoms with van der Waals surface area (Å²) in [7, 11) is 0.659. The van der Waals surface area contributed by atoms with Gasteiger partial charge in [0.2, 0.25) is 0 Å². The van der Waals surface area contributed by atoms with E-state index in [2.05, 4.69) is 17.4 Å². The fraction of sp³-hybridized carbons (Fsp3) is 0.435. The molecule has 3 rings (SSSR count). The number of ether oxygens (including phenoxy) is 1. The molecule has 1 aliphatic heterocycles.